The summed E-state index contributed by atoms with van der Waals surface area (Å²) in [5.41, 5.74) is 3.40. The molecule has 2 atom stereocenters. The van der Waals surface area contributed by atoms with Gasteiger partial charge in [-0.3, -0.25) is 4.72 Å². The summed E-state index contributed by atoms with van der Waals surface area (Å²) in [7, 11) is -3.36. The summed E-state index contributed by atoms with van der Waals surface area (Å²) in [5.74, 6) is 0.318. The standard InChI is InChI=1S/C24H28FN3O3S/c1-2-14-32(29,30)27-18-8-6-17(7-9-18)24-22(16-26)21-11-10-20(31-13-12-25)15-23(21)28(24)19-4-3-5-19/h6-11,15,19,22,24,27H,2-5,12-14H2,1H3. The Hall–Kier alpha value is -2.79. The summed E-state index contributed by atoms with van der Waals surface area (Å²) in [6.07, 6.45) is 3.80. The maximum atomic E-state index is 12.6. The number of fused-ring (bicyclic) bond motifs is 1. The second-order valence-electron chi connectivity index (χ2n) is 8.34. The molecule has 2 aromatic carbocycles. The summed E-state index contributed by atoms with van der Waals surface area (Å²) in [5, 5.41) is 10.1. The van der Waals surface area contributed by atoms with Crippen LogP contribution in [0.3, 0.4) is 0 Å². The van der Waals surface area contributed by atoms with E-state index in [1.165, 1.54) is 0 Å². The highest BCUT2D eigenvalue weighted by Crippen LogP contribution is 2.53. The van der Waals surface area contributed by atoms with Crippen molar-refractivity contribution in [2.75, 3.05) is 28.7 Å². The van der Waals surface area contributed by atoms with E-state index >= 15 is 0 Å². The number of alkyl halides is 1. The minimum Gasteiger partial charge on any atom is -0.491 e. The minimum absolute atomic E-state index is 0.00270. The van der Waals surface area contributed by atoms with Crippen LogP contribution in [-0.2, 0) is 10.0 Å². The van der Waals surface area contributed by atoms with E-state index in [4.69, 9.17) is 4.74 Å². The van der Waals surface area contributed by atoms with Gasteiger partial charge in [0.15, 0.2) is 0 Å². The SMILES string of the molecule is CCCS(=O)(=O)Nc1ccc(C2C(C#N)c3ccc(OCCF)cc3N2C2CCC2)cc1. The van der Waals surface area contributed by atoms with Gasteiger partial charge >= 0.3 is 0 Å². The number of nitriles is 1. The highest BCUT2D eigenvalue weighted by Gasteiger charge is 2.44. The topological polar surface area (TPSA) is 82.4 Å². The number of halogens is 1. The first-order valence-electron chi connectivity index (χ1n) is 11.1. The van der Waals surface area contributed by atoms with E-state index in [0.717, 1.165) is 36.1 Å². The van der Waals surface area contributed by atoms with Crippen LogP contribution >= 0.6 is 0 Å². The largest absolute Gasteiger partial charge is 0.491 e. The monoisotopic (exact) mass is 457 g/mol. The predicted molar refractivity (Wildman–Crippen MR) is 123 cm³/mol. The molecule has 8 heteroatoms. The van der Waals surface area contributed by atoms with Gasteiger partial charge in [0.25, 0.3) is 0 Å². The molecule has 2 aromatic rings. The van der Waals surface area contributed by atoms with Gasteiger partial charge in [0.1, 0.15) is 19.0 Å². The molecule has 1 heterocycles. The molecule has 2 aliphatic rings. The average Bonchev–Trinajstić information content (AvgIpc) is 3.04. The predicted octanol–water partition coefficient (Wildman–Crippen LogP) is 4.91. The van der Waals surface area contributed by atoms with Gasteiger partial charge < -0.3 is 9.64 Å². The van der Waals surface area contributed by atoms with Crippen molar-refractivity contribution in [3.8, 4) is 11.8 Å². The lowest BCUT2D eigenvalue weighted by atomic mass is 9.87. The fourth-order valence-corrected chi connectivity index (χ4v) is 5.70. The molecule has 6 nitrogen and oxygen atoms in total. The Bertz CT molecular complexity index is 1090. The maximum absolute atomic E-state index is 12.6. The van der Waals surface area contributed by atoms with Gasteiger partial charge in [0, 0.05) is 23.5 Å². The molecule has 32 heavy (non-hydrogen) atoms. The van der Waals surface area contributed by atoms with E-state index < -0.39 is 16.7 Å². The molecular weight excluding hydrogens is 429 g/mol. The van der Waals surface area contributed by atoms with Crippen LogP contribution < -0.4 is 14.4 Å². The van der Waals surface area contributed by atoms with Crippen LogP contribution in [0.4, 0.5) is 15.8 Å². The van der Waals surface area contributed by atoms with Crippen LogP contribution in [0, 0.1) is 11.3 Å². The third kappa shape index (κ3) is 4.40. The van der Waals surface area contributed by atoms with Crippen LogP contribution in [0.2, 0.25) is 0 Å². The number of hydrogen-bond acceptors (Lipinski definition) is 5. The zero-order valence-electron chi connectivity index (χ0n) is 18.1. The molecule has 0 spiro atoms. The van der Waals surface area contributed by atoms with E-state index in [1.54, 1.807) is 18.2 Å². The molecule has 0 bridgehead atoms. The van der Waals surface area contributed by atoms with Gasteiger partial charge in [-0.25, -0.2) is 12.8 Å². The lowest BCUT2D eigenvalue weighted by Crippen LogP contribution is -2.41. The number of sulfonamides is 1. The van der Waals surface area contributed by atoms with Crippen molar-refractivity contribution in [3.63, 3.8) is 0 Å². The molecule has 0 saturated heterocycles. The van der Waals surface area contributed by atoms with E-state index in [0.29, 0.717) is 23.9 Å². The molecule has 1 fully saturated rings. The Balaban J connectivity index is 1.66. The van der Waals surface area contributed by atoms with Crippen molar-refractivity contribution in [2.45, 2.75) is 50.6 Å². The summed E-state index contributed by atoms with van der Waals surface area (Å²) < 4.78 is 44.9. The van der Waals surface area contributed by atoms with Gasteiger partial charge in [-0.2, -0.15) is 5.26 Å². The lowest BCUT2D eigenvalue weighted by Gasteiger charge is -2.41. The quantitative estimate of drug-likeness (QED) is 0.579. The molecule has 170 valence electrons. The van der Waals surface area contributed by atoms with Gasteiger partial charge in [-0.05, 0) is 55.0 Å². The van der Waals surface area contributed by atoms with Crippen LogP contribution in [0.1, 0.15) is 55.7 Å². The van der Waals surface area contributed by atoms with Crippen LogP contribution in [0.5, 0.6) is 5.75 Å². The van der Waals surface area contributed by atoms with E-state index in [9.17, 15) is 18.1 Å². The summed E-state index contributed by atoms with van der Waals surface area (Å²) >= 11 is 0. The zero-order chi connectivity index (χ0) is 22.7. The number of anilines is 2. The summed E-state index contributed by atoms with van der Waals surface area (Å²) in [6, 6.07) is 15.6. The Labute approximate surface area is 189 Å². The summed E-state index contributed by atoms with van der Waals surface area (Å²) in [6.45, 7) is 1.27. The third-order valence-corrected chi connectivity index (χ3v) is 7.67. The molecule has 0 aromatic heterocycles. The highest BCUT2D eigenvalue weighted by atomic mass is 32.2. The molecule has 1 saturated carbocycles. The second-order valence-corrected chi connectivity index (χ2v) is 10.2. The first-order chi connectivity index (χ1) is 15.5. The van der Waals surface area contributed by atoms with Crippen molar-refractivity contribution in [1.82, 2.24) is 0 Å². The van der Waals surface area contributed by atoms with E-state index in [1.807, 2.05) is 31.2 Å². The molecule has 4 rings (SSSR count). The molecule has 2 unspecified atom stereocenters. The molecule has 0 amide bonds. The lowest BCUT2D eigenvalue weighted by molar-refractivity contribution is 0.273. The number of rotatable bonds is 9. The van der Waals surface area contributed by atoms with Crippen molar-refractivity contribution in [2.24, 2.45) is 0 Å². The zero-order valence-corrected chi connectivity index (χ0v) is 18.9. The van der Waals surface area contributed by atoms with Crippen molar-refractivity contribution < 1.29 is 17.5 Å². The average molecular weight is 458 g/mol. The molecule has 0 radical (unpaired) electrons. The van der Waals surface area contributed by atoms with Crippen LogP contribution in [-0.4, -0.2) is 33.5 Å². The Morgan fingerprint density at radius 1 is 1.22 bits per heavy atom. The molecular formula is C24H28FN3O3S. The minimum atomic E-state index is -3.36. The first-order valence-corrected chi connectivity index (χ1v) is 12.7. The van der Waals surface area contributed by atoms with Gasteiger partial charge in [0.2, 0.25) is 10.0 Å². The molecule has 1 aliphatic carbocycles. The van der Waals surface area contributed by atoms with Crippen molar-refractivity contribution >= 4 is 21.4 Å². The number of hydrogen-bond donors (Lipinski definition) is 1. The van der Waals surface area contributed by atoms with E-state index in [2.05, 4.69) is 15.7 Å². The van der Waals surface area contributed by atoms with Crippen molar-refractivity contribution in [1.29, 1.82) is 5.26 Å². The Kier molecular flexibility index (Phi) is 6.56. The highest BCUT2D eigenvalue weighted by molar-refractivity contribution is 7.92. The smallest absolute Gasteiger partial charge is 0.232 e. The van der Waals surface area contributed by atoms with Crippen LogP contribution in [0.25, 0.3) is 0 Å². The number of nitrogens with zero attached hydrogens (tertiary/aromatic N) is 2. The van der Waals surface area contributed by atoms with Gasteiger partial charge in [-0.1, -0.05) is 25.1 Å². The van der Waals surface area contributed by atoms with Gasteiger partial charge in [0.05, 0.1) is 23.8 Å². The third-order valence-electron chi connectivity index (χ3n) is 6.18. The fraction of sp³-hybridized carbons (Fsp3) is 0.458. The first kappa shape index (κ1) is 22.4. The van der Waals surface area contributed by atoms with Crippen LogP contribution in [0.15, 0.2) is 42.5 Å². The molecule has 1 N–H and O–H groups in total. The normalized spacial score (nSPS) is 20.3. The molecule has 1 aliphatic heterocycles. The van der Waals surface area contributed by atoms with Crippen molar-refractivity contribution in [3.05, 3.63) is 53.6 Å². The Morgan fingerprint density at radius 2 is 1.97 bits per heavy atom. The number of benzene rings is 2. The van der Waals surface area contributed by atoms with Gasteiger partial charge in [-0.15, -0.1) is 0 Å². The summed E-state index contributed by atoms with van der Waals surface area (Å²) in [4.78, 5) is 2.31. The number of nitrogens with one attached hydrogen (secondary N) is 1. The maximum Gasteiger partial charge on any atom is 0.232 e. The van der Waals surface area contributed by atoms with E-state index in [-0.39, 0.29) is 24.3 Å². The Morgan fingerprint density at radius 3 is 2.56 bits per heavy atom. The number of ether oxygens (including phenoxy) is 1. The fourth-order valence-electron chi connectivity index (χ4n) is 4.57. The second kappa shape index (κ2) is 9.37.